The average molecular weight is 181 g/mol. The van der Waals surface area contributed by atoms with E-state index in [4.69, 9.17) is 4.84 Å². The summed E-state index contributed by atoms with van der Waals surface area (Å²) in [6.07, 6.45) is 3.51. The van der Waals surface area contributed by atoms with Crippen LogP contribution in [0.2, 0.25) is 0 Å². The number of hydrogen-bond donors (Lipinski definition) is 0. The largest absolute Gasteiger partial charge is 0.272 e. The van der Waals surface area contributed by atoms with Gasteiger partial charge in [0, 0.05) is 11.5 Å². The number of rotatable bonds is 1. The molecule has 2 rings (SSSR count). The highest BCUT2D eigenvalue weighted by Crippen LogP contribution is 2.35. The summed E-state index contributed by atoms with van der Waals surface area (Å²) in [5.74, 6) is 0.526. The van der Waals surface area contributed by atoms with Gasteiger partial charge in [0.2, 0.25) is 0 Å². The van der Waals surface area contributed by atoms with E-state index in [-0.39, 0.29) is 5.91 Å². The van der Waals surface area contributed by atoms with E-state index in [1.165, 1.54) is 12.8 Å². The van der Waals surface area contributed by atoms with Crippen molar-refractivity contribution >= 4 is 5.91 Å². The summed E-state index contributed by atoms with van der Waals surface area (Å²) in [5, 5.41) is 1.54. The molecule has 3 heteroatoms. The zero-order valence-electron chi connectivity index (χ0n) is 7.95. The van der Waals surface area contributed by atoms with Gasteiger partial charge in [-0.25, -0.2) is 5.06 Å². The lowest BCUT2D eigenvalue weighted by Gasteiger charge is -2.21. The Morgan fingerprint density at radius 2 is 2.31 bits per heavy atom. The van der Waals surface area contributed by atoms with Crippen LogP contribution >= 0.6 is 0 Å². The lowest BCUT2D eigenvalue weighted by molar-refractivity contribution is -0.172. The van der Waals surface area contributed by atoms with E-state index in [2.05, 4.69) is 6.58 Å². The Labute approximate surface area is 78.3 Å². The molecular weight excluding hydrogens is 166 g/mol. The Bertz CT molecular complexity index is 249. The van der Waals surface area contributed by atoms with Crippen LogP contribution in [0.3, 0.4) is 0 Å². The Hall–Kier alpha value is -0.830. The smallest absolute Gasteiger partial charge is 0.270 e. The molecule has 0 aromatic rings. The Kier molecular flexibility index (Phi) is 2.12. The fourth-order valence-electron chi connectivity index (χ4n) is 2.19. The van der Waals surface area contributed by atoms with Crippen LogP contribution in [0.5, 0.6) is 0 Å². The van der Waals surface area contributed by atoms with Gasteiger partial charge < -0.3 is 0 Å². The zero-order valence-corrected chi connectivity index (χ0v) is 7.95. The minimum atomic E-state index is -0.0469. The number of fused-ring (bicyclic) bond motifs is 1. The van der Waals surface area contributed by atoms with E-state index < -0.39 is 0 Å². The Morgan fingerprint density at radius 1 is 1.54 bits per heavy atom. The predicted octanol–water partition coefficient (Wildman–Crippen LogP) is 1.50. The van der Waals surface area contributed by atoms with Crippen molar-refractivity contribution in [2.45, 2.75) is 32.2 Å². The van der Waals surface area contributed by atoms with Gasteiger partial charge in [0.25, 0.3) is 5.91 Å². The summed E-state index contributed by atoms with van der Waals surface area (Å²) < 4.78 is 0. The molecule has 1 saturated heterocycles. The molecule has 1 heterocycles. The van der Waals surface area contributed by atoms with E-state index in [0.717, 1.165) is 6.42 Å². The van der Waals surface area contributed by atoms with Gasteiger partial charge in [-0.3, -0.25) is 9.63 Å². The summed E-state index contributed by atoms with van der Waals surface area (Å²) in [6.45, 7) is 6.08. The summed E-state index contributed by atoms with van der Waals surface area (Å²) >= 11 is 0. The van der Waals surface area contributed by atoms with E-state index in [1.54, 1.807) is 12.0 Å². The second kappa shape index (κ2) is 3.14. The first kappa shape index (κ1) is 8.75. The lowest BCUT2D eigenvalue weighted by atomic mass is 10.1. The molecule has 3 nitrogen and oxygen atoms in total. The monoisotopic (exact) mass is 181 g/mol. The number of nitrogens with zero attached hydrogens (tertiary/aromatic N) is 1. The first-order valence-corrected chi connectivity index (χ1v) is 4.82. The lowest BCUT2D eigenvalue weighted by Crippen LogP contribution is -2.35. The van der Waals surface area contributed by atoms with Crippen LogP contribution < -0.4 is 0 Å². The topological polar surface area (TPSA) is 29.5 Å². The van der Waals surface area contributed by atoms with Gasteiger partial charge in [-0.2, -0.15) is 0 Å². The van der Waals surface area contributed by atoms with Crippen molar-refractivity contribution in [2.75, 3.05) is 6.61 Å². The van der Waals surface area contributed by atoms with Gasteiger partial charge in [0.15, 0.2) is 0 Å². The van der Waals surface area contributed by atoms with E-state index in [1.807, 2.05) is 0 Å². The molecule has 1 aliphatic heterocycles. The number of amides is 1. The molecule has 72 valence electrons. The first-order valence-electron chi connectivity index (χ1n) is 4.82. The third-order valence-corrected chi connectivity index (χ3v) is 2.91. The fourth-order valence-corrected chi connectivity index (χ4v) is 2.19. The highest BCUT2D eigenvalue weighted by Gasteiger charge is 2.41. The minimum absolute atomic E-state index is 0.0469. The fraction of sp³-hybridized carbons (Fsp3) is 0.700. The van der Waals surface area contributed by atoms with Gasteiger partial charge in [-0.15, -0.1) is 0 Å². The SMILES string of the molecule is C=C(C)C(=O)N1OCC2CCCC21. The van der Waals surface area contributed by atoms with Gasteiger partial charge in [-0.1, -0.05) is 13.0 Å². The quantitative estimate of drug-likeness (QED) is 0.574. The molecule has 1 aliphatic carbocycles. The molecule has 2 unspecified atom stereocenters. The zero-order chi connectivity index (χ0) is 9.42. The second-order valence-corrected chi connectivity index (χ2v) is 3.97. The van der Waals surface area contributed by atoms with Crippen LogP contribution in [-0.2, 0) is 9.63 Å². The van der Waals surface area contributed by atoms with Crippen molar-refractivity contribution in [3.63, 3.8) is 0 Å². The Morgan fingerprint density at radius 3 is 3.00 bits per heavy atom. The average Bonchev–Trinajstić information content (AvgIpc) is 2.61. The van der Waals surface area contributed by atoms with Gasteiger partial charge >= 0.3 is 0 Å². The van der Waals surface area contributed by atoms with Crippen molar-refractivity contribution in [1.82, 2.24) is 5.06 Å². The molecule has 2 atom stereocenters. The van der Waals surface area contributed by atoms with Crippen molar-refractivity contribution < 1.29 is 9.63 Å². The second-order valence-electron chi connectivity index (χ2n) is 3.97. The van der Waals surface area contributed by atoms with Crippen LogP contribution in [0.4, 0.5) is 0 Å². The third-order valence-electron chi connectivity index (χ3n) is 2.91. The van der Waals surface area contributed by atoms with Crippen LogP contribution in [0.15, 0.2) is 12.2 Å². The predicted molar refractivity (Wildman–Crippen MR) is 48.7 cm³/mol. The highest BCUT2D eigenvalue weighted by molar-refractivity contribution is 5.91. The summed E-state index contributed by atoms with van der Waals surface area (Å²) in [5.41, 5.74) is 0.563. The summed E-state index contributed by atoms with van der Waals surface area (Å²) in [7, 11) is 0. The number of carbonyl (C=O) groups is 1. The molecule has 0 aromatic heterocycles. The van der Waals surface area contributed by atoms with Gasteiger partial charge in [0.05, 0.1) is 12.6 Å². The van der Waals surface area contributed by atoms with E-state index >= 15 is 0 Å². The Balaban J connectivity index is 2.08. The van der Waals surface area contributed by atoms with Crippen molar-refractivity contribution in [3.05, 3.63) is 12.2 Å². The number of hydrogen-bond acceptors (Lipinski definition) is 2. The number of hydroxylamine groups is 2. The van der Waals surface area contributed by atoms with Crippen LogP contribution in [-0.4, -0.2) is 23.6 Å². The maximum atomic E-state index is 11.6. The molecule has 0 aromatic carbocycles. The van der Waals surface area contributed by atoms with Crippen LogP contribution in [0.1, 0.15) is 26.2 Å². The van der Waals surface area contributed by atoms with E-state index in [9.17, 15) is 4.79 Å². The molecule has 1 saturated carbocycles. The molecule has 2 aliphatic rings. The van der Waals surface area contributed by atoms with Crippen molar-refractivity contribution in [3.8, 4) is 0 Å². The highest BCUT2D eigenvalue weighted by atomic mass is 16.7. The van der Waals surface area contributed by atoms with Gasteiger partial charge in [0.1, 0.15) is 0 Å². The minimum Gasteiger partial charge on any atom is -0.270 e. The summed E-state index contributed by atoms with van der Waals surface area (Å²) in [6, 6.07) is 0.323. The molecule has 0 radical (unpaired) electrons. The maximum Gasteiger partial charge on any atom is 0.272 e. The molecule has 0 bridgehead atoms. The normalized spacial score (nSPS) is 31.9. The number of carbonyl (C=O) groups excluding carboxylic acids is 1. The molecule has 0 spiro atoms. The first-order chi connectivity index (χ1) is 6.20. The molecule has 1 amide bonds. The van der Waals surface area contributed by atoms with Crippen molar-refractivity contribution in [1.29, 1.82) is 0 Å². The maximum absolute atomic E-state index is 11.6. The van der Waals surface area contributed by atoms with Crippen LogP contribution in [0.25, 0.3) is 0 Å². The molecular formula is C10H15NO2. The van der Waals surface area contributed by atoms with Gasteiger partial charge in [-0.05, 0) is 19.8 Å². The van der Waals surface area contributed by atoms with E-state index in [0.29, 0.717) is 24.1 Å². The molecule has 2 fully saturated rings. The van der Waals surface area contributed by atoms with Crippen LogP contribution in [0, 0.1) is 5.92 Å². The summed E-state index contributed by atoms with van der Waals surface area (Å²) in [4.78, 5) is 17.0. The standard InChI is InChI=1S/C10H15NO2/c1-7(2)10(12)11-9-5-3-4-8(9)6-13-11/h8-9H,1,3-6H2,2H3. The third kappa shape index (κ3) is 1.37. The molecule has 13 heavy (non-hydrogen) atoms. The molecule has 0 N–H and O–H groups in total. The van der Waals surface area contributed by atoms with Crippen molar-refractivity contribution in [2.24, 2.45) is 5.92 Å².